The van der Waals surface area contributed by atoms with Gasteiger partial charge < -0.3 is 15.2 Å². The van der Waals surface area contributed by atoms with Crippen molar-refractivity contribution in [3.8, 4) is 11.3 Å². The molecule has 0 spiro atoms. The number of rotatable bonds is 8. The van der Waals surface area contributed by atoms with Gasteiger partial charge in [0.25, 0.3) is 0 Å². The van der Waals surface area contributed by atoms with Crippen LogP contribution in [0, 0.1) is 0 Å². The van der Waals surface area contributed by atoms with Crippen molar-refractivity contribution in [3.63, 3.8) is 0 Å². The van der Waals surface area contributed by atoms with Gasteiger partial charge in [-0.1, -0.05) is 60.3 Å². The number of thioether (sulfide) groups is 1. The number of para-hydroxylation sites is 1. The van der Waals surface area contributed by atoms with Crippen LogP contribution in [0.2, 0.25) is 0 Å². The van der Waals surface area contributed by atoms with Gasteiger partial charge in [0, 0.05) is 23.7 Å². The van der Waals surface area contributed by atoms with Crippen LogP contribution in [0.1, 0.15) is 5.82 Å². The molecule has 2 N–H and O–H groups in total. The highest BCUT2D eigenvalue weighted by Crippen LogP contribution is 2.25. The zero-order chi connectivity index (χ0) is 20.8. The summed E-state index contributed by atoms with van der Waals surface area (Å²) in [5.41, 5.74) is 2.82. The van der Waals surface area contributed by atoms with Crippen LogP contribution in [0.4, 0.5) is 10.8 Å². The molecule has 7 nitrogen and oxygen atoms in total. The lowest BCUT2D eigenvalue weighted by Gasteiger charge is -2.06. The fourth-order valence-corrected chi connectivity index (χ4v) is 4.17. The van der Waals surface area contributed by atoms with E-state index in [2.05, 4.69) is 25.8 Å². The van der Waals surface area contributed by atoms with Crippen molar-refractivity contribution in [2.45, 2.75) is 11.7 Å². The van der Waals surface area contributed by atoms with E-state index in [1.165, 1.54) is 11.8 Å². The van der Waals surface area contributed by atoms with Crippen LogP contribution >= 0.6 is 23.1 Å². The Bertz CT molecular complexity index is 1110. The van der Waals surface area contributed by atoms with Crippen molar-refractivity contribution >= 4 is 39.8 Å². The number of hydrogen-bond acceptors (Lipinski definition) is 7. The average molecular weight is 437 g/mol. The first-order valence-corrected chi connectivity index (χ1v) is 11.2. The quantitative estimate of drug-likeness (QED) is 0.401. The number of hydrogen-bond donors (Lipinski definition) is 2. The van der Waals surface area contributed by atoms with Crippen LogP contribution in [0.25, 0.3) is 11.3 Å². The third-order valence-electron chi connectivity index (χ3n) is 4.29. The minimum Gasteiger partial charge on any atom is -0.354 e. The van der Waals surface area contributed by atoms with Crippen LogP contribution in [0.5, 0.6) is 0 Å². The van der Waals surface area contributed by atoms with E-state index in [1.54, 1.807) is 11.3 Å². The van der Waals surface area contributed by atoms with Gasteiger partial charge in [-0.15, -0.1) is 21.5 Å². The first kappa shape index (κ1) is 20.1. The van der Waals surface area contributed by atoms with Crippen LogP contribution in [0.15, 0.2) is 71.2 Å². The first-order chi connectivity index (χ1) is 14.7. The van der Waals surface area contributed by atoms with E-state index in [0.29, 0.717) is 11.7 Å². The molecule has 30 heavy (non-hydrogen) atoms. The van der Waals surface area contributed by atoms with Crippen molar-refractivity contribution in [2.75, 3.05) is 16.4 Å². The molecule has 4 aromatic rings. The van der Waals surface area contributed by atoms with Crippen molar-refractivity contribution < 1.29 is 4.79 Å². The molecule has 2 heterocycles. The molecule has 0 radical (unpaired) electrons. The standard InChI is InChI=1S/C21H20N6OS2/c1-27-18(12-22-20-24-17(13-29-20)15-8-4-2-5-9-15)25-26-21(27)30-14-19(28)23-16-10-6-3-7-11-16/h2-11,13H,12,14H2,1H3,(H,22,24)(H,23,28). The van der Waals surface area contributed by atoms with E-state index < -0.39 is 0 Å². The smallest absolute Gasteiger partial charge is 0.234 e. The Labute approximate surface area is 182 Å². The van der Waals surface area contributed by atoms with Crippen LogP contribution in [-0.2, 0) is 18.4 Å². The second kappa shape index (κ2) is 9.55. The summed E-state index contributed by atoms with van der Waals surface area (Å²) in [7, 11) is 1.89. The number of thiazole rings is 1. The molecule has 4 rings (SSSR count). The molecule has 2 aromatic heterocycles. The zero-order valence-electron chi connectivity index (χ0n) is 16.3. The number of nitrogens with one attached hydrogen (secondary N) is 2. The van der Waals surface area contributed by atoms with Crippen molar-refractivity contribution in [1.82, 2.24) is 19.7 Å². The maximum atomic E-state index is 12.1. The summed E-state index contributed by atoms with van der Waals surface area (Å²) in [6, 6.07) is 19.5. The number of carbonyl (C=O) groups is 1. The monoisotopic (exact) mass is 436 g/mol. The Morgan fingerprint density at radius 1 is 1.07 bits per heavy atom. The fraction of sp³-hybridized carbons (Fsp3) is 0.143. The molecule has 0 fully saturated rings. The zero-order valence-corrected chi connectivity index (χ0v) is 17.9. The predicted octanol–water partition coefficient (Wildman–Crippen LogP) is 4.28. The normalized spacial score (nSPS) is 10.7. The van der Waals surface area contributed by atoms with E-state index in [0.717, 1.165) is 27.9 Å². The first-order valence-electron chi connectivity index (χ1n) is 9.30. The van der Waals surface area contributed by atoms with Crippen LogP contribution < -0.4 is 10.6 Å². The highest BCUT2D eigenvalue weighted by atomic mass is 32.2. The van der Waals surface area contributed by atoms with Gasteiger partial charge in [0.05, 0.1) is 18.0 Å². The SMILES string of the molecule is Cn1c(CNc2nc(-c3ccccc3)cs2)nnc1SCC(=O)Nc1ccccc1. The lowest BCUT2D eigenvalue weighted by atomic mass is 10.2. The molecular weight excluding hydrogens is 416 g/mol. The molecule has 0 atom stereocenters. The summed E-state index contributed by atoms with van der Waals surface area (Å²) in [5, 5.41) is 18.1. The third-order valence-corrected chi connectivity index (χ3v) is 6.11. The summed E-state index contributed by atoms with van der Waals surface area (Å²) < 4.78 is 1.89. The summed E-state index contributed by atoms with van der Waals surface area (Å²) in [6.45, 7) is 0.502. The van der Waals surface area contributed by atoms with E-state index in [-0.39, 0.29) is 11.7 Å². The molecule has 0 aliphatic heterocycles. The molecule has 9 heteroatoms. The molecule has 0 bridgehead atoms. The molecule has 2 aromatic carbocycles. The number of aromatic nitrogens is 4. The van der Waals surface area contributed by atoms with E-state index in [9.17, 15) is 4.79 Å². The molecular formula is C21H20N6OS2. The molecule has 0 unspecified atom stereocenters. The molecule has 0 saturated carbocycles. The van der Waals surface area contributed by atoms with Crippen molar-refractivity contribution in [3.05, 3.63) is 71.9 Å². The van der Waals surface area contributed by atoms with Gasteiger partial charge >= 0.3 is 0 Å². The van der Waals surface area contributed by atoms with Gasteiger partial charge in [0.15, 0.2) is 16.1 Å². The van der Waals surface area contributed by atoms with Crippen molar-refractivity contribution in [2.24, 2.45) is 7.05 Å². The molecule has 0 saturated heterocycles. The Morgan fingerprint density at radius 3 is 2.57 bits per heavy atom. The Balaban J connectivity index is 1.30. The number of benzene rings is 2. The molecule has 152 valence electrons. The third kappa shape index (κ3) is 5.05. The summed E-state index contributed by atoms with van der Waals surface area (Å²) >= 11 is 2.91. The van der Waals surface area contributed by atoms with Gasteiger partial charge in [-0.05, 0) is 12.1 Å². The maximum absolute atomic E-state index is 12.1. The Morgan fingerprint density at radius 2 is 1.80 bits per heavy atom. The van der Waals surface area contributed by atoms with Crippen molar-refractivity contribution in [1.29, 1.82) is 0 Å². The van der Waals surface area contributed by atoms with Crippen LogP contribution in [0.3, 0.4) is 0 Å². The Hall–Kier alpha value is -3.17. The van der Waals surface area contributed by atoms with Crippen LogP contribution in [-0.4, -0.2) is 31.4 Å². The largest absolute Gasteiger partial charge is 0.354 e. The second-order valence-electron chi connectivity index (χ2n) is 6.42. The van der Waals surface area contributed by atoms with E-state index >= 15 is 0 Å². The highest BCUT2D eigenvalue weighted by Gasteiger charge is 2.12. The van der Waals surface area contributed by atoms with E-state index in [4.69, 9.17) is 0 Å². The predicted molar refractivity (Wildman–Crippen MR) is 122 cm³/mol. The fourth-order valence-electron chi connectivity index (χ4n) is 2.72. The minimum atomic E-state index is -0.0786. The van der Waals surface area contributed by atoms with E-state index in [1.807, 2.05) is 77.7 Å². The summed E-state index contributed by atoms with van der Waals surface area (Å²) in [5.74, 6) is 0.962. The number of amides is 1. The van der Waals surface area contributed by atoms with Gasteiger partial charge in [-0.25, -0.2) is 4.98 Å². The number of nitrogens with zero attached hydrogens (tertiary/aromatic N) is 4. The summed E-state index contributed by atoms with van der Waals surface area (Å²) in [4.78, 5) is 16.7. The van der Waals surface area contributed by atoms with Gasteiger partial charge in [0.2, 0.25) is 5.91 Å². The Kier molecular flexibility index (Phi) is 6.41. The molecule has 0 aliphatic rings. The number of anilines is 2. The lowest BCUT2D eigenvalue weighted by molar-refractivity contribution is -0.113. The van der Waals surface area contributed by atoms with Gasteiger partial charge in [-0.3, -0.25) is 4.79 Å². The van der Waals surface area contributed by atoms with Gasteiger partial charge in [-0.2, -0.15) is 0 Å². The number of carbonyl (C=O) groups excluding carboxylic acids is 1. The van der Waals surface area contributed by atoms with Gasteiger partial charge in [0.1, 0.15) is 0 Å². The highest BCUT2D eigenvalue weighted by molar-refractivity contribution is 7.99. The second-order valence-corrected chi connectivity index (χ2v) is 8.22. The average Bonchev–Trinajstić information content (AvgIpc) is 3.39. The molecule has 0 aliphatic carbocycles. The molecule has 1 amide bonds. The minimum absolute atomic E-state index is 0.0786. The topological polar surface area (TPSA) is 84.7 Å². The lowest BCUT2D eigenvalue weighted by Crippen LogP contribution is -2.14. The maximum Gasteiger partial charge on any atom is 0.234 e. The summed E-state index contributed by atoms with van der Waals surface area (Å²) in [6.07, 6.45) is 0.